The zero-order valence-corrected chi connectivity index (χ0v) is 12.1. The Bertz CT molecular complexity index is 421. The molecule has 0 atom stereocenters. The van der Waals surface area contributed by atoms with Crippen LogP contribution in [0.1, 0.15) is 37.2 Å². The molecule has 0 spiro atoms. The first kappa shape index (κ1) is 14.1. The van der Waals surface area contributed by atoms with Crippen LogP contribution in [0.5, 0.6) is 0 Å². The number of hydrogen-bond donors (Lipinski definition) is 1. The number of hydrogen-bond acceptors (Lipinski definition) is 3. The van der Waals surface area contributed by atoms with Crippen LogP contribution in [0.3, 0.4) is 0 Å². The molecular formula is C14H24N4O. The molecule has 106 valence electrons. The highest BCUT2D eigenvalue weighted by molar-refractivity contribution is 5.92. The van der Waals surface area contributed by atoms with Crippen molar-refractivity contribution in [3.05, 3.63) is 18.0 Å². The van der Waals surface area contributed by atoms with Gasteiger partial charge in [-0.1, -0.05) is 0 Å². The van der Waals surface area contributed by atoms with Crippen molar-refractivity contribution in [2.75, 3.05) is 19.6 Å². The van der Waals surface area contributed by atoms with Gasteiger partial charge in [0.25, 0.3) is 5.91 Å². The number of piperidine rings is 1. The molecule has 1 saturated heterocycles. The Labute approximate surface area is 115 Å². The Kier molecular flexibility index (Phi) is 4.58. The first-order valence-electron chi connectivity index (χ1n) is 7.09. The highest BCUT2D eigenvalue weighted by atomic mass is 16.2. The molecule has 1 fully saturated rings. The third-order valence-corrected chi connectivity index (χ3v) is 3.84. The van der Waals surface area contributed by atoms with Gasteiger partial charge in [-0.3, -0.25) is 9.48 Å². The fraction of sp³-hybridized carbons (Fsp3) is 0.714. The molecule has 5 heteroatoms. The van der Waals surface area contributed by atoms with E-state index in [1.807, 2.05) is 11.9 Å². The van der Waals surface area contributed by atoms with Crippen LogP contribution in [0.4, 0.5) is 0 Å². The number of rotatable bonds is 4. The first-order valence-corrected chi connectivity index (χ1v) is 7.09. The summed E-state index contributed by atoms with van der Waals surface area (Å²) in [5.74, 6) is 0.703. The van der Waals surface area contributed by atoms with Crippen molar-refractivity contribution in [3.63, 3.8) is 0 Å². The Morgan fingerprint density at radius 3 is 2.74 bits per heavy atom. The molecule has 1 amide bonds. The van der Waals surface area contributed by atoms with Gasteiger partial charge in [-0.25, -0.2) is 0 Å². The molecule has 0 aromatic carbocycles. The number of carbonyl (C=O) groups is 1. The van der Waals surface area contributed by atoms with Crippen molar-refractivity contribution >= 4 is 5.91 Å². The Morgan fingerprint density at radius 2 is 2.21 bits per heavy atom. The second-order valence-corrected chi connectivity index (χ2v) is 5.58. The van der Waals surface area contributed by atoms with Crippen molar-refractivity contribution in [1.82, 2.24) is 20.0 Å². The predicted octanol–water partition coefficient (Wildman–Crippen LogP) is 1.27. The number of amides is 1. The summed E-state index contributed by atoms with van der Waals surface area (Å²) >= 11 is 0. The van der Waals surface area contributed by atoms with E-state index < -0.39 is 0 Å². The summed E-state index contributed by atoms with van der Waals surface area (Å²) in [6.45, 7) is 7.14. The van der Waals surface area contributed by atoms with E-state index in [1.165, 1.54) is 0 Å². The van der Waals surface area contributed by atoms with Crippen LogP contribution in [-0.2, 0) is 7.05 Å². The van der Waals surface area contributed by atoms with Gasteiger partial charge in [0.05, 0.1) is 0 Å². The van der Waals surface area contributed by atoms with Crippen LogP contribution < -0.4 is 5.32 Å². The number of aromatic nitrogens is 2. The van der Waals surface area contributed by atoms with Crippen molar-refractivity contribution in [1.29, 1.82) is 0 Å². The molecule has 0 aliphatic carbocycles. The largest absolute Gasteiger partial charge is 0.335 e. The molecule has 1 aliphatic heterocycles. The summed E-state index contributed by atoms with van der Waals surface area (Å²) < 4.78 is 1.65. The van der Waals surface area contributed by atoms with E-state index in [0.717, 1.165) is 32.5 Å². The maximum absolute atomic E-state index is 12.6. The number of aryl methyl sites for hydroxylation is 1. The molecule has 1 aliphatic rings. The third kappa shape index (κ3) is 3.35. The molecular weight excluding hydrogens is 240 g/mol. The molecule has 0 unspecified atom stereocenters. The lowest BCUT2D eigenvalue weighted by Crippen LogP contribution is -2.43. The molecule has 0 radical (unpaired) electrons. The van der Waals surface area contributed by atoms with Crippen LogP contribution in [0.15, 0.2) is 12.3 Å². The summed E-state index contributed by atoms with van der Waals surface area (Å²) in [6.07, 6.45) is 3.99. The van der Waals surface area contributed by atoms with Crippen LogP contribution in [-0.4, -0.2) is 46.3 Å². The van der Waals surface area contributed by atoms with Crippen LogP contribution >= 0.6 is 0 Å². The lowest BCUT2D eigenvalue weighted by atomic mass is 9.97. The summed E-state index contributed by atoms with van der Waals surface area (Å²) in [6, 6.07) is 2.01. The highest BCUT2D eigenvalue weighted by Crippen LogP contribution is 2.17. The van der Waals surface area contributed by atoms with E-state index >= 15 is 0 Å². The minimum absolute atomic E-state index is 0.0912. The van der Waals surface area contributed by atoms with E-state index in [4.69, 9.17) is 0 Å². The monoisotopic (exact) mass is 264 g/mol. The van der Waals surface area contributed by atoms with Gasteiger partial charge in [-0.05, 0) is 51.8 Å². The molecule has 0 saturated carbocycles. The van der Waals surface area contributed by atoms with E-state index in [0.29, 0.717) is 11.6 Å². The van der Waals surface area contributed by atoms with Crippen LogP contribution in [0.25, 0.3) is 0 Å². The maximum atomic E-state index is 12.6. The molecule has 1 aromatic rings. The minimum atomic E-state index is 0.0912. The van der Waals surface area contributed by atoms with Gasteiger partial charge in [-0.2, -0.15) is 5.10 Å². The summed E-state index contributed by atoms with van der Waals surface area (Å²) in [5, 5.41) is 7.45. The smallest absolute Gasteiger partial charge is 0.272 e. The van der Waals surface area contributed by atoms with Crippen LogP contribution in [0, 0.1) is 5.92 Å². The highest BCUT2D eigenvalue weighted by Gasteiger charge is 2.25. The summed E-state index contributed by atoms with van der Waals surface area (Å²) in [7, 11) is 1.82. The normalized spacial score (nSPS) is 16.8. The molecule has 1 aromatic heterocycles. The Hall–Kier alpha value is -1.36. The van der Waals surface area contributed by atoms with Crippen LogP contribution in [0.2, 0.25) is 0 Å². The second kappa shape index (κ2) is 6.19. The van der Waals surface area contributed by atoms with E-state index in [2.05, 4.69) is 24.3 Å². The van der Waals surface area contributed by atoms with Crippen molar-refractivity contribution in [3.8, 4) is 0 Å². The van der Waals surface area contributed by atoms with Gasteiger partial charge in [0.15, 0.2) is 0 Å². The van der Waals surface area contributed by atoms with Crippen molar-refractivity contribution < 1.29 is 4.79 Å². The lowest BCUT2D eigenvalue weighted by molar-refractivity contribution is 0.0646. The van der Waals surface area contributed by atoms with Crippen molar-refractivity contribution in [2.45, 2.75) is 32.7 Å². The fourth-order valence-corrected chi connectivity index (χ4v) is 2.60. The average Bonchev–Trinajstić information content (AvgIpc) is 2.82. The number of nitrogens with zero attached hydrogens (tertiary/aromatic N) is 3. The zero-order chi connectivity index (χ0) is 13.8. The predicted molar refractivity (Wildman–Crippen MR) is 75.0 cm³/mol. The molecule has 19 heavy (non-hydrogen) atoms. The van der Waals surface area contributed by atoms with Gasteiger partial charge >= 0.3 is 0 Å². The van der Waals surface area contributed by atoms with Gasteiger partial charge < -0.3 is 10.2 Å². The topological polar surface area (TPSA) is 50.2 Å². The summed E-state index contributed by atoms with van der Waals surface area (Å²) in [4.78, 5) is 14.6. The quantitative estimate of drug-likeness (QED) is 0.891. The maximum Gasteiger partial charge on any atom is 0.272 e. The zero-order valence-electron chi connectivity index (χ0n) is 12.1. The molecule has 2 heterocycles. The first-order chi connectivity index (χ1) is 9.09. The molecule has 0 bridgehead atoms. The van der Waals surface area contributed by atoms with E-state index in [1.54, 1.807) is 16.9 Å². The second-order valence-electron chi connectivity index (χ2n) is 5.58. The van der Waals surface area contributed by atoms with Gasteiger partial charge in [0.1, 0.15) is 5.69 Å². The fourth-order valence-electron chi connectivity index (χ4n) is 2.60. The number of carbonyl (C=O) groups excluding carboxylic acids is 1. The third-order valence-electron chi connectivity index (χ3n) is 3.84. The minimum Gasteiger partial charge on any atom is -0.335 e. The van der Waals surface area contributed by atoms with Crippen molar-refractivity contribution in [2.24, 2.45) is 13.0 Å². The summed E-state index contributed by atoms with van der Waals surface area (Å²) in [5.41, 5.74) is 0.669. The lowest BCUT2D eigenvalue weighted by Gasteiger charge is -2.32. The Balaban J connectivity index is 2.07. The molecule has 1 N–H and O–H groups in total. The number of nitrogens with one attached hydrogen (secondary N) is 1. The Morgan fingerprint density at radius 1 is 1.53 bits per heavy atom. The van der Waals surface area contributed by atoms with E-state index in [-0.39, 0.29) is 11.9 Å². The average molecular weight is 264 g/mol. The standard InChI is InChI=1S/C14H24N4O/c1-11(2)18(10-12-4-7-15-8-5-12)14(19)13-6-9-16-17(13)3/h6,9,11-12,15H,4-5,7-8,10H2,1-3H3. The molecule has 5 nitrogen and oxygen atoms in total. The SMILES string of the molecule is CC(C)N(CC1CCNCC1)C(=O)c1ccnn1C. The van der Waals surface area contributed by atoms with Gasteiger partial charge in [0, 0.05) is 25.8 Å². The van der Waals surface area contributed by atoms with E-state index in [9.17, 15) is 4.79 Å². The molecule has 2 rings (SSSR count). The van der Waals surface area contributed by atoms with Gasteiger partial charge in [0.2, 0.25) is 0 Å². The van der Waals surface area contributed by atoms with Gasteiger partial charge in [-0.15, -0.1) is 0 Å².